The normalized spacial score (nSPS) is 9.86. The number of nitrogens with zero attached hydrogens (tertiary/aromatic N) is 1. The van der Waals surface area contributed by atoms with E-state index in [0.717, 1.165) is 4.57 Å². The predicted octanol–water partition coefficient (Wildman–Crippen LogP) is 1.66. The van der Waals surface area contributed by atoms with Crippen LogP contribution in [0.3, 0.4) is 0 Å². The molecule has 0 aromatic carbocycles. The lowest BCUT2D eigenvalue weighted by atomic mass is 10.1. The summed E-state index contributed by atoms with van der Waals surface area (Å²) in [6.45, 7) is 3.06. The van der Waals surface area contributed by atoms with Crippen molar-refractivity contribution in [3.8, 4) is 0 Å². The number of primary amides is 1. The fraction of sp³-hybridized carbons (Fsp3) is 0.222. The molecule has 0 aliphatic rings. The number of rotatable bonds is 1. The number of Topliss-reactive ketones (excluding diaryl/α,β-unsaturated/α-hetero) is 1. The van der Waals surface area contributed by atoms with Crippen LogP contribution in [0.15, 0.2) is 12.1 Å². The Morgan fingerprint density at radius 1 is 1.43 bits per heavy atom. The van der Waals surface area contributed by atoms with Crippen LogP contribution in [0.4, 0.5) is 4.79 Å². The van der Waals surface area contributed by atoms with Gasteiger partial charge in [-0.3, -0.25) is 9.36 Å². The molecule has 1 aromatic rings. The molecule has 0 radical (unpaired) electrons. The fourth-order valence-electron chi connectivity index (χ4n) is 1.28. The maximum Gasteiger partial charge on any atom is 0.324 e. The van der Waals surface area contributed by atoms with Crippen molar-refractivity contribution < 1.29 is 9.59 Å². The maximum atomic E-state index is 11.2. The molecule has 0 aliphatic carbocycles. The highest BCUT2D eigenvalue weighted by Gasteiger charge is 2.10. The summed E-state index contributed by atoms with van der Waals surface area (Å²) in [4.78, 5) is 22.2. The summed E-state index contributed by atoms with van der Waals surface area (Å²) in [6.07, 6.45) is 0. The first kappa shape index (κ1) is 10.6. The number of aromatic nitrogens is 1. The predicted molar refractivity (Wildman–Crippen MR) is 55.0 cm³/mol. The molecule has 0 aliphatic heterocycles. The number of nitrogens with two attached hydrogens (primary N) is 1. The summed E-state index contributed by atoms with van der Waals surface area (Å²) in [5, 5.41) is 0. The molecule has 1 aromatic heterocycles. The minimum absolute atomic E-state index is 0.118. The molecular weight excluding hydrogens is 200 g/mol. The molecule has 1 heterocycles. The van der Waals surface area contributed by atoms with Gasteiger partial charge in [-0.1, -0.05) is 12.2 Å². The Morgan fingerprint density at radius 2 is 2.00 bits per heavy atom. The third-order valence-electron chi connectivity index (χ3n) is 1.94. The first-order chi connectivity index (χ1) is 6.45. The summed E-state index contributed by atoms with van der Waals surface area (Å²) >= 11 is 4.91. The van der Waals surface area contributed by atoms with Crippen molar-refractivity contribution in [3.63, 3.8) is 0 Å². The Labute approximate surface area is 86.3 Å². The highest BCUT2D eigenvalue weighted by molar-refractivity contribution is 7.71. The monoisotopic (exact) mass is 210 g/mol. The van der Waals surface area contributed by atoms with Crippen LogP contribution in [-0.4, -0.2) is 16.4 Å². The highest BCUT2D eigenvalue weighted by atomic mass is 32.1. The first-order valence-corrected chi connectivity index (χ1v) is 4.39. The van der Waals surface area contributed by atoms with E-state index in [0.29, 0.717) is 15.9 Å². The van der Waals surface area contributed by atoms with Gasteiger partial charge in [0.15, 0.2) is 5.78 Å². The molecule has 1 amide bonds. The van der Waals surface area contributed by atoms with Crippen molar-refractivity contribution in [2.24, 2.45) is 5.73 Å². The van der Waals surface area contributed by atoms with Crippen LogP contribution in [0, 0.1) is 11.6 Å². The molecule has 0 saturated carbocycles. The van der Waals surface area contributed by atoms with E-state index in [2.05, 4.69) is 0 Å². The minimum atomic E-state index is -0.671. The van der Waals surface area contributed by atoms with E-state index in [1.54, 1.807) is 13.0 Å². The van der Waals surface area contributed by atoms with Crippen LogP contribution in [0.5, 0.6) is 0 Å². The van der Waals surface area contributed by atoms with Crippen LogP contribution in [0.2, 0.25) is 0 Å². The minimum Gasteiger partial charge on any atom is -0.351 e. The number of pyridine rings is 1. The van der Waals surface area contributed by atoms with Crippen molar-refractivity contribution in [3.05, 3.63) is 28.0 Å². The van der Waals surface area contributed by atoms with Crippen molar-refractivity contribution in [1.29, 1.82) is 0 Å². The Bertz CT molecular complexity index is 462. The standard InChI is InChI=1S/C9H10N2O2S/c1-5-7(6(2)12)3-4-8(14)11(5)9(10)13/h3-4H,1-2H3,(H2,10,13). The van der Waals surface area contributed by atoms with Crippen LogP contribution >= 0.6 is 12.2 Å². The van der Waals surface area contributed by atoms with E-state index >= 15 is 0 Å². The summed E-state index contributed by atoms with van der Waals surface area (Å²) in [5.74, 6) is -0.118. The molecule has 74 valence electrons. The van der Waals surface area contributed by atoms with Gasteiger partial charge in [-0.2, -0.15) is 0 Å². The highest BCUT2D eigenvalue weighted by Crippen LogP contribution is 2.09. The molecule has 0 saturated heterocycles. The molecule has 14 heavy (non-hydrogen) atoms. The van der Waals surface area contributed by atoms with Crippen molar-refractivity contribution in [2.45, 2.75) is 13.8 Å². The zero-order chi connectivity index (χ0) is 10.9. The molecule has 0 atom stereocenters. The summed E-state index contributed by atoms with van der Waals surface area (Å²) in [5.41, 5.74) is 6.07. The van der Waals surface area contributed by atoms with Gasteiger partial charge in [0.2, 0.25) is 0 Å². The van der Waals surface area contributed by atoms with Gasteiger partial charge >= 0.3 is 6.03 Å². The van der Waals surface area contributed by atoms with Gasteiger partial charge in [-0.15, -0.1) is 0 Å². The molecular formula is C9H10N2O2S. The third-order valence-corrected chi connectivity index (χ3v) is 2.26. The van der Waals surface area contributed by atoms with Crippen molar-refractivity contribution in [2.75, 3.05) is 0 Å². The van der Waals surface area contributed by atoms with Gasteiger partial charge in [0, 0.05) is 11.3 Å². The fourth-order valence-corrected chi connectivity index (χ4v) is 1.58. The first-order valence-electron chi connectivity index (χ1n) is 3.98. The lowest BCUT2D eigenvalue weighted by Crippen LogP contribution is -2.24. The maximum absolute atomic E-state index is 11.2. The molecule has 0 fully saturated rings. The van der Waals surface area contributed by atoms with Crippen molar-refractivity contribution in [1.82, 2.24) is 4.57 Å². The number of amides is 1. The van der Waals surface area contributed by atoms with E-state index in [4.69, 9.17) is 18.0 Å². The summed E-state index contributed by atoms with van der Waals surface area (Å²) in [6, 6.07) is 2.44. The zero-order valence-corrected chi connectivity index (χ0v) is 8.72. The van der Waals surface area contributed by atoms with E-state index in [1.165, 1.54) is 13.0 Å². The number of ketones is 1. The number of carbonyl (C=O) groups excluding carboxylic acids is 2. The van der Waals surface area contributed by atoms with Gasteiger partial charge in [0.25, 0.3) is 0 Å². The quantitative estimate of drug-likeness (QED) is 0.566. The third kappa shape index (κ3) is 1.72. The van der Waals surface area contributed by atoms with Gasteiger partial charge in [-0.25, -0.2) is 4.79 Å². The Balaban J connectivity index is 3.57. The lowest BCUT2D eigenvalue weighted by molar-refractivity contribution is 0.101. The van der Waals surface area contributed by atoms with Gasteiger partial charge in [0.1, 0.15) is 4.64 Å². The molecule has 0 unspecified atom stereocenters. The lowest BCUT2D eigenvalue weighted by Gasteiger charge is -2.09. The van der Waals surface area contributed by atoms with Crippen molar-refractivity contribution >= 4 is 24.0 Å². The van der Waals surface area contributed by atoms with E-state index in [-0.39, 0.29) is 5.78 Å². The zero-order valence-electron chi connectivity index (χ0n) is 7.90. The molecule has 2 N–H and O–H groups in total. The second kappa shape index (κ2) is 3.71. The molecule has 5 heteroatoms. The second-order valence-corrected chi connectivity index (χ2v) is 3.32. The Morgan fingerprint density at radius 3 is 2.43 bits per heavy atom. The largest absolute Gasteiger partial charge is 0.351 e. The average Bonchev–Trinajstić information content (AvgIpc) is 2.02. The van der Waals surface area contributed by atoms with Gasteiger partial charge < -0.3 is 5.73 Å². The average molecular weight is 210 g/mol. The van der Waals surface area contributed by atoms with Crippen LogP contribution in [0.25, 0.3) is 0 Å². The van der Waals surface area contributed by atoms with Crippen LogP contribution < -0.4 is 5.73 Å². The second-order valence-electron chi connectivity index (χ2n) is 2.90. The number of carbonyl (C=O) groups is 2. The van der Waals surface area contributed by atoms with E-state index < -0.39 is 6.03 Å². The summed E-state index contributed by atoms with van der Waals surface area (Å²) in [7, 11) is 0. The van der Waals surface area contributed by atoms with E-state index in [9.17, 15) is 9.59 Å². The Kier molecular flexibility index (Phi) is 2.81. The van der Waals surface area contributed by atoms with Crippen LogP contribution in [-0.2, 0) is 0 Å². The summed E-state index contributed by atoms with van der Waals surface area (Å²) < 4.78 is 1.45. The van der Waals surface area contributed by atoms with E-state index in [1.807, 2.05) is 0 Å². The number of hydrogen-bond acceptors (Lipinski definition) is 3. The SMILES string of the molecule is CC(=O)c1ccc(=S)n(C(N)=O)c1C. The number of hydrogen-bond donors (Lipinski definition) is 1. The Hall–Kier alpha value is -1.49. The van der Waals surface area contributed by atoms with Gasteiger partial charge in [0.05, 0.1) is 0 Å². The van der Waals surface area contributed by atoms with Crippen LogP contribution in [0.1, 0.15) is 23.0 Å². The molecule has 4 nitrogen and oxygen atoms in total. The topological polar surface area (TPSA) is 65.1 Å². The smallest absolute Gasteiger partial charge is 0.324 e. The molecule has 0 spiro atoms. The molecule has 0 bridgehead atoms. The molecule has 1 rings (SSSR count). The van der Waals surface area contributed by atoms with Gasteiger partial charge in [-0.05, 0) is 26.0 Å².